The second-order valence-corrected chi connectivity index (χ2v) is 5.09. The van der Waals surface area contributed by atoms with Crippen LogP contribution < -0.4 is 15.4 Å². The summed E-state index contributed by atoms with van der Waals surface area (Å²) in [6, 6.07) is 11.1. The van der Waals surface area contributed by atoms with Gasteiger partial charge in [-0.05, 0) is 48.6 Å². The average Bonchev–Trinajstić information content (AvgIpc) is 2.54. The van der Waals surface area contributed by atoms with Crippen molar-refractivity contribution in [2.75, 3.05) is 12.4 Å². The van der Waals surface area contributed by atoms with Gasteiger partial charge in [-0.3, -0.25) is 10.1 Å². The molecule has 0 aliphatic heterocycles. The van der Waals surface area contributed by atoms with Crippen LogP contribution in [0.4, 0.5) is 18.9 Å². The van der Waals surface area contributed by atoms with Crippen LogP contribution in [0.3, 0.4) is 0 Å². The number of methoxy groups -OCH3 is 1. The predicted octanol–water partition coefficient (Wildman–Crippen LogP) is 3.84. The SMILES string of the molecule is COc1ccc(C(=O)NC(=S)Nc2ccccc2C(F)(F)F)cc1. The zero-order valence-electron chi connectivity index (χ0n) is 12.5. The number of halogens is 3. The number of alkyl halides is 3. The summed E-state index contributed by atoms with van der Waals surface area (Å²) in [4.78, 5) is 12.0. The molecule has 0 fully saturated rings. The Hall–Kier alpha value is -2.61. The maximum absolute atomic E-state index is 12.9. The third-order valence-corrected chi connectivity index (χ3v) is 3.26. The van der Waals surface area contributed by atoms with Gasteiger partial charge in [0, 0.05) is 5.56 Å². The number of hydrogen-bond donors (Lipinski definition) is 2. The monoisotopic (exact) mass is 354 g/mol. The van der Waals surface area contributed by atoms with Crippen LogP contribution in [0.15, 0.2) is 48.5 Å². The zero-order valence-corrected chi connectivity index (χ0v) is 13.3. The van der Waals surface area contributed by atoms with Gasteiger partial charge < -0.3 is 10.1 Å². The van der Waals surface area contributed by atoms with E-state index in [1.165, 1.54) is 37.4 Å². The Labute approximate surface area is 141 Å². The van der Waals surface area contributed by atoms with Crippen LogP contribution >= 0.6 is 12.2 Å². The number of anilines is 1. The van der Waals surface area contributed by atoms with Crippen molar-refractivity contribution in [1.29, 1.82) is 0 Å². The topological polar surface area (TPSA) is 50.4 Å². The molecule has 0 aliphatic rings. The molecule has 4 nitrogen and oxygen atoms in total. The van der Waals surface area contributed by atoms with Gasteiger partial charge in [0.05, 0.1) is 18.4 Å². The molecule has 0 unspecified atom stereocenters. The molecule has 2 aromatic rings. The number of carbonyl (C=O) groups is 1. The molecule has 0 radical (unpaired) electrons. The molecule has 0 aromatic heterocycles. The van der Waals surface area contributed by atoms with E-state index in [2.05, 4.69) is 10.6 Å². The van der Waals surface area contributed by atoms with Crippen molar-refractivity contribution in [2.45, 2.75) is 6.18 Å². The summed E-state index contributed by atoms with van der Waals surface area (Å²) in [5, 5.41) is 4.50. The quantitative estimate of drug-likeness (QED) is 0.823. The summed E-state index contributed by atoms with van der Waals surface area (Å²) in [5.74, 6) is 0.0333. The zero-order chi connectivity index (χ0) is 17.7. The summed E-state index contributed by atoms with van der Waals surface area (Å²) in [7, 11) is 1.49. The first-order chi connectivity index (χ1) is 11.3. The summed E-state index contributed by atoms with van der Waals surface area (Å²) in [6.45, 7) is 0. The number of carbonyl (C=O) groups excluding carboxylic acids is 1. The number of thiocarbonyl (C=S) groups is 1. The highest BCUT2D eigenvalue weighted by atomic mass is 32.1. The molecule has 1 amide bonds. The van der Waals surface area contributed by atoms with E-state index in [0.29, 0.717) is 11.3 Å². The van der Waals surface area contributed by atoms with E-state index in [-0.39, 0.29) is 10.8 Å². The number of benzene rings is 2. The number of hydrogen-bond acceptors (Lipinski definition) is 3. The number of ether oxygens (including phenoxy) is 1. The van der Waals surface area contributed by atoms with Gasteiger partial charge in [-0.1, -0.05) is 12.1 Å². The van der Waals surface area contributed by atoms with Crippen molar-refractivity contribution in [3.63, 3.8) is 0 Å². The normalized spacial score (nSPS) is 10.8. The van der Waals surface area contributed by atoms with Crippen molar-refractivity contribution in [1.82, 2.24) is 5.32 Å². The molecule has 24 heavy (non-hydrogen) atoms. The van der Waals surface area contributed by atoms with Crippen LogP contribution in [-0.4, -0.2) is 18.1 Å². The number of para-hydroxylation sites is 1. The minimum atomic E-state index is -4.53. The molecule has 2 N–H and O–H groups in total. The van der Waals surface area contributed by atoms with E-state index in [9.17, 15) is 18.0 Å². The molecule has 8 heteroatoms. The van der Waals surface area contributed by atoms with Gasteiger partial charge in [-0.25, -0.2) is 0 Å². The highest BCUT2D eigenvalue weighted by Crippen LogP contribution is 2.34. The van der Waals surface area contributed by atoms with Crippen molar-refractivity contribution in [3.05, 3.63) is 59.7 Å². The van der Waals surface area contributed by atoms with Crippen molar-refractivity contribution in [2.24, 2.45) is 0 Å². The molecule has 0 spiro atoms. The standard InChI is InChI=1S/C16H13F3N2O2S/c1-23-11-8-6-10(7-9-11)14(22)21-15(24)20-13-5-3-2-4-12(13)16(17,18)19/h2-9H,1H3,(H2,20,21,22,24). The summed E-state index contributed by atoms with van der Waals surface area (Å²) in [6.07, 6.45) is -4.53. The van der Waals surface area contributed by atoms with Crippen LogP contribution in [0.25, 0.3) is 0 Å². The third kappa shape index (κ3) is 4.45. The van der Waals surface area contributed by atoms with Crippen LogP contribution in [0.5, 0.6) is 5.75 Å². The molecule has 2 rings (SSSR count). The lowest BCUT2D eigenvalue weighted by Crippen LogP contribution is -2.34. The van der Waals surface area contributed by atoms with Gasteiger partial charge in [-0.15, -0.1) is 0 Å². The van der Waals surface area contributed by atoms with E-state index in [0.717, 1.165) is 6.07 Å². The molecule has 0 saturated heterocycles. The number of rotatable bonds is 3. The lowest BCUT2D eigenvalue weighted by atomic mass is 10.1. The predicted molar refractivity (Wildman–Crippen MR) is 88.1 cm³/mol. The van der Waals surface area contributed by atoms with Crippen LogP contribution in [0.2, 0.25) is 0 Å². The molecule has 0 heterocycles. The fourth-order valence-corrected chi connectivity index (χ4v) is 2.11. The van der Waals surface area contributed by atoms with Crippen molar-refractivity contribution >= 4 is 28.9 Å². The van der Waals surface area contributed by atoms with E-state index < -0.39 is 17.6 Å². The van der Waals surface area contributed by atoms with E-state index in [1.54, 1.807) is 12.1 Å². The van der Waals surface area contributed by atoms with Crippen molar-refractivity contribution in [3.8, 4) is 5.75 Å². The van der Waals surface area contributed by atoms with Gasteiger partial charge in [0.2, 0.25) is 0 Å². The van der Waals surface area contributed by atoms with E-state index >= 15 is 0 Å². The lowest BCUT2D eigenvalue weighted by Gasteiger charge is -2.15. The molecular weight excluding hydrogens is 341 g/mol. The second-order valence-electron chi connectivity index (χ2n) is 4.68. The second kappa shape index (κ2) is 7.31. The van der Waals surface area contributed by atoms with Crippen LogP contribution in [0.1, 0.15) is 15.9 Å². The Morgan fingerprint density at radius 1 is 1.08 bits per heavy atom. The Bertz CT molecular complexity index is 746. The van der Waals surface area contributed by atoms with E-state index in [1.807, 2.05) is 0 Å². The lowest BCUT2D eigenvalue weighted by molar-refractivity contribution is -0.136. The molecule has 0 aliphatic carbocycles. The highest BCUT2D eigenvalue weighted by Gasteiger charge is 2.33. The molecule has 0 atom stereocenters. The highest BCUT2D eigenvalue weighted by molar-refractivity contribution is 7.80. The van der Waals surface area contributed by atoms with Gasteiger partial charge in [0.25, 0.3) is 5.91 Å². The Balaban J connectivity index is 2.07. The minimum Gasteiger partial charge on any atom is -0.497 e. The van der Waals surface area contributed by atoms with Gasteiger partial charge >= 0.3 is 6.18 Å². The number of nitrogens with one attached hydrogen (secondary N) is 2. The minimum absolute atomic E-state index is 0.229. The smallest absolute Gasteiger partial charge is 0.418 e. The largest absolute Gasteiger partial charge is 0.497 e. The first kappa shape index (κ1) is 17.7. The summed E-state index contributed by atoms with van der Waals surface area (Å²) in [5.41, 5.74) is -0.805. The molecular formula is C16H13F3N2O2S. The molecule has 126 valence electrons. The maximum Gasteiger partial charge on any atom is 0.418 e. The number of amides is 1. The summed E-state index contributed by atoms with van der Waals surface area (Å²) >= 11 is 4.91. The van der Waals surface area contributed by atoms with Crippen LogP contribution in [-0.2, 0) is 6.18 Å². The molecule has 0 bridgehead atoms. The fourth-order valence-electron chi connectivity index (χ4n) is 1.91. The summed E-state index contributed by atoms with van der Waals surface area (Å²) < 4.78 is 43.7. The van der Waals surface area contributed by atoms with E-state index in [4.69, 9.17) is 17.0 Å². The Kier molecular flexibility index (Phi) is 5.40. The third-order valence-electron chi connectivity index (χ3n) is 3.06. The molecule has 0 saturated carbocycles. The Morgan fingerprint density at radius 3 is 2.29 bits per heavy atom. The average molecular weight is 354 g/mol. The fraction of sp³-hybridized carbons (Fsp3) is 0.125. The maximum atomic E-state index is 12.9. The molecule has 2 aromatic carbocycles. The Morgan fingerprint density at radius 2 is 1.71 bits per heavy atom. The first-order valence-corrected chi connectivity index (χ1v) is 7.14. The van der Waals surface area contributed by atoms with Gasteiger partial charge in [-0.2, -0.15) is 13.2 Å². The first-order valence-electron chi connectivity index (χ1n) is 6.74. The van der Waals surface area contributed by atoms with Crippen molar-refractivity contribution < 1.29 is 22.7 Å². The van der Waals surface area contributed by atoms with Crippen LogP contribution in [0, 0.1) is 0 Å². The van der Waals surface area contributed by atoms with Gasteiger partial charge in [0.1, 0.15) is 5.75 Å². The van der Waals surface area contributed by atoms with Gasteiger partial charge in [0.15, 0.2) is 5.11 Å².